The van der Waals surface area contributed by atoms with Crippen molar-refractivity contribution in [2.75, 3.05) is 7.11 Å². The first-order valence-corrected chi connectivity index (χ1v) is 11.8. The number of nitrogens with one attached hydrogen (secondary N) is 1. The summed E-state index contributed by atoms with van der Waals surface area (Å²) in [6, 6.07) is 8.65. The van der Waals surface area contributed by atoms with E-state index in [0.717, 1.165) is 32.1 Å². The van der Waals surface area contributed by atoms with E-state index in [1.165, 1.54) is 24.2 Å². The molecule has 0 unspecified atom stereocenters. The lowest BCUT2D eigenvalue weighted by Gasteiger charge is -2.35. The number of benzene rings is 2. The Morgan fingerprint density at radius 3 is 2.56 bits per heavy atom. The molecule has 0 radical (unpaired) electrons. The van der Waals surface area contributed by atoms with Crippen molar-refractivity contribution in [3.05, 3.63) is 63.4 Å². The van der Waals surface area contributed by atoms with Crippen LogP contribution in [0.25, 0.3) is 6.08 Å². The number of urea groups is 1. The van der Waals surface area contributed by atoms with Gasteiger partial charge in [-0.2, -0.15) is 0 Å². The molecule has 2 aliphatic rings. The van der Waals surface area contributed by atoms with E-state index in [9.17, 15) is 18.8 Å². The van der Waals surface area contributed by atoms with Gasteiger partial charge in [0, 0.05) is 16.1 Å². The zero-order valence-electron chi connectivity index (χ0n) is 18.6. The minimum atomic E-state index is -0.743. The van der Waals surface area contributed by atoms with Crippen LogP contribution < -0.4 is 14.8 Å². The number of imide groups is 2. The second-order valence-corrected chi connectivity index (χ2v) is 9.04. The first-order valence-electron chi connectivity index (χ1n) is 11.0. The van der Waals surface area contributed by atoms with Gasteiger partial charge in [0.2, 0.25) is 0 Å². The molecule has 2 fully saturated rings. The van der Waals surface area contributed by atoms with Crippen LogP contribution in [-0.2, 0) is 16.2 Å². The van der Waals surface area contributed by atoms with Gasteiger partial charge in [0.15, 0.2) is 11.5 Å². The van der Waals surface area contributed by atoms with Crippen molar-refractivity contribution in [3.63, 3.8) is 0 Å². The average Bonchev–Trinajstić information content (AvgIpc) is 2.82. The Balaban J connectivity index is 1.61. The molecule has 1 heterocycles. The Morgan fingerprint density at radius 1 is 1.12 bits per heavy atom. The molecule has 34 heavy (non-hydrogen) atoms. The molecule has 7 nitrogen and oxygen atoms in total. The van der Waals surface area contributed by atoms with Crippen LogP contribution in [0.1, 0.15) is 43.2 Å². The van der Waals surface area contributed by atoms with Crippen molar-refractivity contribution in [3.8, 4) is 11.5 Å². The van der Waals surface area contributed by atoms with Gasteiger partial charge in [-0.3, -0.25) is 19.8 Å². The topological polar surface area (TPSA) is 84.9 Å². The standard InChI is InChI=1S/C25H24BrFN2O5/c1-33-21-12-16(19(26)13-22(21)34-14-15-7-5-6-10-20(15)27)11-18-23(30)28-25(32)29(24(18)31)17-8-3-2-4-9-17/h5-7,10-13,17H,2-4,8-9,14H2,1H3,(H,28,30,32). The molecule has 0 aromatic heterocycles. The molecule has 0 bridgehead atoms. The van der Waals surface area contributed by atoms with Gasteiger partial charge >= 0.3 is 6.03 Å². The molecular weight excluding hydrogens is 507 g/mol. The molecule has 1 saturated heterocycles. The van der Waals surface area contributed by atoms with Crippen LogP contribution in [0.2, 0.25) is 0 Å². The van der Waals surface area contributed by atoms with Crippen LogP contribution in [0.15, 0.2) is 46.4 Å². The van der Waals surface area contributed by atoms with E-state index in [4.69, 9.17) is 9.47 Å². The van der Waals surface area contributed by atoms with Crippen molar-refractivity contribution < 1.29 is 28.2 Å². The van der Waals surface area contributed by atoms with Gasteiger partial charge in [0.1, 0.15) is 18.0 Å². The summed E-state index contributed by atoms with van der Waals surface area (Å²) in [5.74, 6) is -1.02. The van der Waals surface area contributed by atoms with Crippen LogP contribution >= 0.6 is 15.9 Å². The van der Waals surface area contributed by atoms with E-state index < -0.39 is 17.8 Å². The van der Waals surface area contributed by atoms with E-state index in [-0.39, 0.29) is 24.0 Å². The predicted octanol–water partition coefficient (Wildman–Crippen LogP) is 4.97. The van der Waals surface area contributed by atoms with E-state index >= 15 is 0 Å². The maximum Gasteiger partial charge on any atom is 0.331 e. The maximum absolute atomic E-state index is 13.9. The highest BCUT2D eigenvalue weighted by Crippen LogP contribution is 2.36. The van der Waals surface area contributed by atoms with Crippen LogP contribution in [0.5, 0.6) is 11.5 Å². The molecule has 9 heteroatoms. The minimum Gasteiger partial charge on any atom is -0.493 e. The minimum absolute atomic E-state index is 0.00470. The fourth-order valence-corrected chi connectivity index (χ4v) is 4.64. The fraction of sp³-hybridized carbons (Fsp3) is 0.320. The zero-order chi connectivity index (χ0) is 24.2. The second-order valence-electron chi connectivity index (χ2n) is 8.19. The Kier molecular flexibility index (Phi) is 7.31. The summed E-state index contributed by atoms with van der Waals surface area (Å²) in [5.41, 5.74) is 0.753. The van der Waals surface area contributed by atoms with Gasteiger partial charge in [-0.25, -0.2) is 9.18 Å². The van der Waals surface area contributed by atoms with Crippen LogP contribution in [-0.4, -0.2) is 35.9 Å². The zero-order valence-corrected chi connectivity index (χ0v) is 20.2. The lowest BCUT2D eigenvalue weighted by Crippen LogP contribution is -2.58. The summed E-state index contributed by atoms with van der Waals surface area (Å²) in [6.07, 6.45) is 5.82. The Labute approximate surface area is 205 Å². The van der Waals surface area contributed by atoms with Gasteiger partial charge in [0.25, 0.3) is 11.8 Å². The molecule has 1 saturated carbocycles. The monoisotopic (exact) mass is 530 g/mol. The van der Waals surface area contributed by atoms with Gasteiger partial charge < -0.3 is 9.47 Å². The first-order chi connectivity index (χ1) is 16.4. The number of halogens is 2. The summed E-state index contributed by atoms with van der Waals surface area (Å²) in [4.78, 5) is 39.2. The Morgan fingerprint density at radius 2 is 1.85 bits per heavy atom. The third-order valence-corrected chi connectivity index (χ3v) is 6.68. The average molecular weight is 531 g/mol. The van der Waals surface area contributed by atoms with E-state index in [0.29, 0.717) is 27.1 Å². The molecule has 2 aromatic rings. The quantitative estimate of drug-likeness (QED) is 0.421. The Bertz CT molecular complexity index is 1160. The van der Waals surface area contributed by atoms with Crippen molar-refractivity contribution >= 4 is 39.9 Å². The molecule has 1 aliphatic carbocycles. The lowest BCUT2D eigenvalue weighted by molar-refractivity contribution is -0.132. The van der Waals surface area contributed by atoms with Crippen molar-refractivity contribution in [1.82, 2.24) is 10.2 Å². The van der Waals surface area contributed by atoms with Crippen molar-refractivity contribution in [2.45, 2.75) is 44.8 Å². The van der Waals surface area contributed by atoms with Crippen LogP contribution in [0, 0.1) is 5.82 Å². The van der Waals surface area contributed by atoms with Crippen molar-refractivity contribution in [2.24, 2.45) is 0 Å². The number of nitrogens with zero attached hydrogens (tertiary/aromatic N) is 1. The number of carbonyl (C=O) groups is 3. The molecule has 0 spiro atoms. The lowest BCUT2D eigenvalue weighted by atomic mass is 9.93. The number of rotatable bonds is 6. The van der Waals surface area contributed by atoms with Gasteiger partial charge in [-0.1, -0.05) is 53.4 Å². The van der Waals surface area contributed by atoms with Crippen LogP contribution in [0.4, 0.5) is 9.18 Å². The van der Waals surface area contributed by atoms with Gasteiger partial charge in [0.05, 0.1) is 7.11 Å². The molecule has 1 aliphatic heterocycles. The fourth-order valence-electron chi connectivity index (χ4n) is 4.20. The number of barbiturate groups is 1. The highest BCUT2D eigenvalue weighted by molar-refractivity contribution is 9.10. The third kappa shape index (κ3) is 4.99. The van der Waals surface area contributed by atoms with Crippen molar-refractivity contribution in [1.29, 1.82) is 0 Å². The highest BCUT2D eigenvalue weighted by Gasteiger charge is 2.40. The van der Waals surface area contributed by atoms with E-state index in [1.54, 1.807) is 30.3 Å². The number of hydrogen-bond donors (Lipinski definition) is 1. The van der Waals surface area contributed by atoms with Gasteiger partial charge in [-0.15, -0.1) is 0 Å². The normalized spacial score (nSPS) is 18.3. The van der Waals surface area contributed by atoms with E-state index in [1.807, 2.05) is 0 Å². The third-order valence-electron chi connectivity index (χ3n) is 6.00. The van der Waals surface area contributed by atoms with E-state index in [2.05, 4.69) is 21.2 Å². The smallest absolute Gasteiger partial charge is 0.331 e. The first kappa shape index (κ1) is 23.9. The summed E-state index contributed by atoms with van der Waals surface area (Å²) in [6.45, 7) is -0.00470. The van der Waals surface area contributed by atoms with Gasteiger partial charge in [-0.05, 0) is 42.7 Å². The number of carbonyl (C=O) groups excluding carboxylic acids is 3. The molecule has 1 N–H and O–H groups in total. The SMILES string of the molecule is COc1cc(C=C2C(=O)NC(=O)N(C3CCCCC3)C2=O)c(Br)cc1OCc1ccccc1F. The Hall–Kier alpha value is -3.20. The molecular formula is C25H24BrFN2O5. The summed E-state index contributed by atoms with van der Waals surface area (Å²) in [7, 11) is 1.46. The molecule has 178 valence electrons. The number of hydrogen-bond acceptors (Lipinski definition) is 5. The number of ether oxygens (including phenoxy) is 2. The van der Waals surface area contributed by atoms with Crippen LogP contribution in [0.3, 0.4) is 0 Å². The highest BCUT2D eigenvalue weighted by atomic mass is 79.9. The molecule has 2 aromatic carbocycles. The summed E-state index contributed by atoms with van der Waals surface area (Å²) >= 11 is 3.44. The maximum atomic E-state index is 13.9. The molecule has 4 rings (SSSR count). The predicted molar refractivity (Wildman–Crippen MR) is 127 cm³/mol. The summed E-state index contributed by atoms with van der Waals surface area (Å²) in [5, 5.41) is 2.28. The summed E-state index contributed by atoms with van der Waals surface area (Å²) < 4.78 is 25.6. The molecule has 0 atom stereocenters. The molecule has 4 amide bonds. The largest absolute Gasteiger partial charge is 0.493 e. The second kappa shape index (κ2) is 10.4. The number of amides is 4. The number of methoxy groups -OCH3 is 1.